The highest BCUT2D eigenvalue weighted by Crippen LogP contribution is 2.48. The first-order chi connectivity index (χ1) is 12.4. The van der Waals surface area contributed by atoms with E-state index < -0.39 is 18.0 Å². The van der Waals surface area contributed by atoms with Crippen molar-refractivity contribution in [2.75, 3.05) is 13.7 Å². The number of aliphatic hydroxyl groups is 1. The molecule has 8 heteroatoms. The number of aliphatic hydroxyl groups excluding tert-OH is 1. The third-order valence-electron chi connectivity index (χ3n) is 4.61. The summed E-state index contributed by atoms with van der Waals surface area (Å²) in [6.07, 6.45) is 1.10. The second kappa shape index (κ2) is 7.05. The average Bonchev–Trinajstić information content (AvgIpc) is 3.21. The van der Waals surface area contributed by atoms with Gasteiger partial charge in [-0.1, -0.05) is 12.7 Å². The Morgan fingerprint density at radius 2 is 2.27 bits per heavy atom. The van der Waals surface area contributed by atoms with Crippen molar-refractivity contribution in [3.8, 4) is 0 Å². The lowest BCUT2D eigenvalue weighted by atomic mass is 9.83. The van der Waals surface area contributed by atoms with Gasteiger partial charge < -0.3 is 20.1 Å². The molecule has 7 nitrogen and oxygen atoms in total. The summed E-state index contributed by atoms with van der Waals surface area (Å²) in [5.41, 5.74) is 0.866. The summed E-state index contributed by atoms with van der Waals surface area (Å²) in [5, 5.41) is 12.4. The molecule has 0 aromatic carbocycles. The Balaban J connectivity index is 1.98. The molecule has 0 spiro atoms. The molecule has 0 radical (unpaired) electrons. The quantitative estimate of drug-likeness (QED) is 0.441. The van der Waals surface area contributed by atoms with Gasteiger partial charge in [-0.2, -0.15) is 0 Å². The van der Waals surface area contributed by atoms with Crippen LogP contribution in [0.4, 0.5) is 0 Å². The van der Waals surface area contributed by atoms with Gasteiger partial charge in [0.2, 0.25) is 5.91 Å². The molecule has 0 bridgehead atoms. The van der Waals surface area contributed by atoms with E-state index in [0.717, 1.165) is 4.88 Å². The first kappa shape index (κ1) is 18.3. The molecule has 0 aliphatic carbocycles. The molecule has 3 unspecified atom stereocenters. The zero-order valence-corrected chi connectivity index (χ0v) is 15.3. The van der Waals surface area contributed by atoms with E-state index in [1.165, 1.54) is 22.3 Å². The Morgan fingerprint density at radius 1 is 1.54 bits per heavy atom. The Hall–Kier alpha value is -2.45. The summed E-state index contributed by atoms with van der Waals surface area (Å²) in [6, 6.07) is 3.18. The molecule has 1 aromatic heterocycles. The van der Waals surface area contributed by atoms with Gasteiger partial charge in [-0.3, -0.25) is 9.59 Å². The van der Waals surface area contributed by atoms with Crippen LogP contribution in [0.15, 0.2) is 30.5 Å². The average molecular weight is 376 g/mol. The monoisotopic (exact) mass is 376 g/mol. The molecule has 0 saturated carbocycles. The minimum atomic E-state index is -0.793. The van der Waals surface area contributed by atoms with Gasteiger partial charge in [-0.25, -0.2) is 4.79 Å². The number of hydrogen-bond acceptors (Lipinski definition) is 6. The van der Waals surface area contributed by atoms with Crippen LogP contribution in [0.2, 0.25) is 0 Å². The number of rotatable bonds is 6. The van der Waals surface area contributed by atoms with Crippen molar-refractivity contribution in [1.82, 2.24) is 10.2 Å². The molecule has 1 fully saturated rings. The number of nitrogens with one attached hydrogen (secondary N) is 1. The van der Waals surface area contributed by atoms with E-state index in [2.05, 4.69) is 11.9 Å². The highest BCUT2D eigenvalue weighted by molar-refractivity contribution is 7.15. The van der Waals surface area contributed by atoms with Crippen LogP contribution in [-0.2, 0) is 14.3 Å². The Kier molecular flexibility index (Phi) is 4.97. The predicted octanol–water partition coefficient (Wildman–Crippen LogP) is 1.16. The summed E-state index contributed by atoms with van der Waals surface area (Å²) >= 11 is 1.25. The minimum absolute atomic E-state index is 0.0378. The van der Waals surface area contributed by atoms with Crippen molar-refractivity contribution in [3.05, 3.63) is 40.2 Å². The van der Waals surface area contributed by atoms with Crippen LogP contribution in [0, 0.1) is 5.92 Å². The van der Waals surface area contributed by atoms with Crippen LogP contribution in [-0.4, -0.2) is 53.6 Å². The van der Waals surface area contributed by atoms with E-state index in [0.29, 0.717) is 16.9 Å². The molecule has 3 atom stereocenters. The van der Waals surface area contributed by atoms with Gasteiger partial charge in [0.15, 0.2) is 0 Å². The van der Waals surface area contributed by atoms with Gasteiger partial charge >= 0.3 is 5.97 Å². The third kappa shape index (κ3) is 2.85. The number of β-lactam (4-membered cyclic amide) rings is 1. The number of carbonyl (C=O) groups is 3. The summed E-state index contributed by atoms with van der Waals surface area (Å²) < 4.78 is 5.15. The lowest BCUT2D eigenvalue weighted by Crippen LogP contribution is -2.61. The summed E-state index contributed by atoms with van der Waals surface area (Å²) in [4.78, 5) is 39.5. The van der Waals surface area contributed by atoms with Gasteiger partial charge in [-0.15, -0.1) is 11.3 Å². The zero-order valence-electron chi connectivity index (χ0n) is 14.5. The maximum atomic E-state index is 12.5. The molecule has 138 valence electrons. The summed E-state index contributed by atoms with van der Waals surface area (Å²) in [7, 11) is 1.55. The lowest BCUT2D eigenvalue weighted by molar-refractivity contribution is -0.162. The Labute approximate surface area is 154 Å². The van der Waals surface area contributed by atoms with E-state index in [-0.39, 0.29) is 30.2 Å². The van der Waals surface area contributed by atoms with Gasteiger partial charge in [-0.05, 0) is 25.5 Å². The SMILES string of the molecule is C=CCOC(=O)C1=C(c2ccc(C(=O)NC)s2)CC2C(C(C)O)C(=O)N12. The third-order valence-corrected chi connectivity index (χ3v) is 5.75. The molecule has 2 aliphatic rings. The number of hydrogen-bond donors (Lipinski definition) is 2. The number of nitrogens with zero attached hydrogens (tertiary/aromatic N) is 1. The van der Waals surface area contributed by atoms with Gasteiger partial charge in [0, 0.05) is 17.5 Å². The molecule has 1 saturated heterocycles. The van der Waals surface area contributed by atoms with Crippen LogP contribution < -0.4 is 5.32 Å². The van der Waals surface area contributed by atoms with Crippen LogP contribution in [0.1, 0.15) is 27.9 Å². The molecule has 2 N–H and O–H groups in total. The van der Waals surface area contributed by atoms with Crippen molar-refractivity contribution >= 4 is 34.7 Å². The van der Waals surface area contributed by atoms with Crippen LogP contribution >= 0.6 is 11.3 Å². The molecule has 3 rings (SSSR count). The number of ether oxygens (including phenoxy) is 1. The number of fused-ring (bicyclic) bond motifs is 1. The summed E-state index contributed by atoms with van der Waals surface area (Å²) in [5.74, 6) is -1.63. The van der Waals surface area contributed by atoms with E-state index in [9.17, 15) is 19.5 Å². The number of thiophene rings is 1. The van der Waals surface area contributed by atoms with Crippen molar-refractivity contribution in [1.29, 1.82) is 0 Å². The number of carbonyl (C=O) groups excluding carboxylic acids is 3. The van der Waals surface area contributed by atoms with Crippen molar-refractivity contribution in [2.24, 2.45) is 5.92 Å². The Morgan fingerprint density at radius 3 is 2.88 bits per heavy atom. The molecular weight excluding hydrogens is 356 g/mol. The maximum Gasteiger partial charge on any atom is 0.355 e. The summed E-state index contributed by atoms with van der Waals surface area (Å²) in [6.45, 7) is 5.13. The van der Waals surface area contributed by atoms with Crippen molar-refractivity contribution < 1.29 is 24.2 Å². The topological polar surface area (TPSA) is 95.9 Å². The highest BCUT2D eigenvalue weighted by atomic mass is 32.1. The maximum absolute atomic E-state index is 12.5. The lowest BCUT2D eigenvalue weighted by Gasteiger charge is -2.44. The minimum Gasteiger partial charge on any atom is -0.457 e. The van der Waals surface area contributed by atoms with E-state index in [4.69, 9.17) is 4.74 Å². The molecule has 2 aliphatic heterocycles. The number of esters is 1. The molecule has 1 aromatic rings. The smallest absolute Gasteiger partial charge is 0.355 e. The zero-order chi connectivity index (χ0) is 19.0. The van der Waals surface area contributed by atoms with Gasteiger partial charge in [0.05, 0.1) is 22.9 Å². The van der Waals surface area contributed by atoms with Gasteiger partial charge in [0.25, 0.3) is 5.91 Å². The fourth-order valence-corrected chi connectivity index (χ4v) is 4.43. The molecule has 3 heterocycles. The first-order valence-electron chi connectivity index (χ1n) is 8.25. The Bertz CT molecular complexity index is 810. The van der Waals surface area contributed by atoms with Crippen molar-refractivity contribution in [2.45, 2.75) is 25.5 Å². The van der Waals surface area contributed by atoms with Crippen LogP contribution in [0.25, 0.3) is 5.57 Å². The largest absolute Gasteiger partial charge is 0.457 e. The first-order valence-corrected chi connectivity index (χ1v) is 9.07. The predicted molar refractivity (Wildman–Crippen MR) is 96.2 cm³/mol. The van der Waals surface area contributed by atoms with Crippen LogP contribution in [0.3, 0.4) is 0 Å². The van der Waals surface area contributed by atoms with Crippen LogP contribution in [0.5, 0.6) is 0 Å². The highest BCUT2D eigenvalue weighted by Gasteiger charge is 2.57. The van der Waals surface area contributed by atoms with Crippen molar-refractivity contribution in [3.63, 3.8) is 0 Å². The second-order valence-electron chi connectivity index (χ2n) is 6.20. The molecular formula is C18H20N2O5S. The van der Waals surface area contributed by atoms with E-state index >= 15 is 0 Å². The fourth-order valence-electron chi connectivity index (χ4n) is 3.43. The normalized spacial score (nSPS) is 22.6. The van der Waals surface area contributed by atoms with E-state index in [1.54, 1.807) is 26.1 Å². The fraction of sp³-hybridized carbons (Fsp3) is 0.389. The standard InChI is InChI=1S/C18H20N2O5S/c1-4-7-25-18(24)15-10(12-5-6-13(26-12)16(22)19-3)8-11-14(9(2)21)17(23)20(11)15/h4-6,9,11,14,21H,1,7-8H2,2-3H3,(H,19,22). The van der Waals surface area contributed by atoms with E-state index in [1.807, 2.05) is 0 Å². The molecule has 26 heavy (non-hydrogen) atoms. The van der Waals surface area contributed by atoms with Gasteiger partial charge in [0.1, 0.15) is 12.3 Å². The second-order valence-corrected chi connectivity index (χ2v) is 7.29. The number of amides is 2. The molecule has 2 amide bonds.